The molecule has 0 bridgehead atoms. The van der Waals surface area contributed by atoms with Gasteiger partial charge in [0.15, 0.2) is 12.2 Å². The molecule has 0 radical (unpaired) electrons. The summed E-state index contributed by atoms with van der Waals surface area (Å²) < 4.78 is 68.8. The average Bonchev–Trinajstić information content (AvgIpc) is 0.912. The topological polar surface area (TPSA) is 237 Å². The van der Waals surface area contributed by atoms with Crippen LogP contribution in [0.15, 0.2) is 0 Å². The minimum Gasteiger partial charge on any atom is -0.462 e. The molecule has 0 heterocycles. The van der Waals surface area contributed by atoms with Crippen molar-refractivity contribution in [1.29, 1.82) is 0 Å². The molecule has 612 valence electrons. The van der Waals surface area contributed by atoms with Gasteiger partial charge in [0, 0.05) is 25.7 Å². The summed E-state index contributed by atoms with van der Waals surface area (Å²) in [6.45, 7) is 7.33. The molecule has 0 saturated heterocycles. The van der Waals surface area contributed by atoms with E-state index < -0.39 is 97.5 Å². The van der Waals surface area contributed by atoms with Crippen LogP contribution < -0.4 is 0 Å². The summed E-state index contributed by atoms with van der Waals surface area (Å²) in [4.78, 5) is 73.1. The normalized spacial score (nSPS) is 14.1. The molecule has 0 aromatic carbocycles. The summed E-state index contributed by atoms with van der Waals surface area (Å²) in [6.07, 6.45) is 69.6. The maximum absolute atomic E-state index is 13.1. The van der Waals surface area contributed by atoms with Crippen molar-refractivity contribution in [2.75, 3.05) is 39.6 Å². The van der Waals surface area contributed by atoms with Gasteiger partial charge >= 0.3 is 39.5 Å². The van der Waals surface area contributed by atoms with Crippen LogP contribution in [-0.2, 0) is 65.4 Å². The molecule has 0 amide bonds. The van der Waals surface area contributed by atoms with Crippen LogP contribution >= 0.6 is 15.6 Å². The van der Waals surface area contributed by atoms with Crippen molar-refractivity contribution < 1.29 is 80.2 Å². The number of aliphatic hydroxyl groups is 1. The third-order valence-corrected chi connectivity index (χ3v) is 22.0. The molecule has 0 aromatic rings. The number of hydrogen-bond acceptors (Lipinski definition) is 15. The number of carbonyl (C=O) groups excluding carboxylic acids is 4. The molecule has 0 aromatic heterocycles. The molecule has 3 unspecified atom stereocenters. The Labute approximate surface area is 632 Å². The average molecular weight is 1510 g/mol. The van der Waals surface area contributed by atoms with E-state index in [0.717, 1.165) is 95.8 Å². The molecule has 0 aliphatic heterocycles. The zero-order valence-electron chi connectivity index (χ0n) is 67.5. The minimum atomic E-state index is -4.96. The van der Waals surface area contributed by atoms with Crippen LogP contribution in [0.3, 0.4) is 0 Å². The highest BCUT2D eigenvalue weighted by Gasteiger charge is 2.30. The minimum absolute atomic E-state index is 0.106. The van der Waals surface area contributed by atoms with Crippen molar-refractivity contribution in [2.24, 2.45) is 5.92 Å². The lowest BCUT2D eigenvalue weighted by atomic mass is 9.99. The number of phosphoric ester groups is 2. The van der Waals surface area contributed by atoms with E-state index in [0.29, 0.717) is 25.7 Å². The van der Waals surface area contributed by atoms with Crippen molar-refractivity contribution in [1.82, 2.24) is 0 Å². The molecule has 19 heteroatoms. The molecule has 3 N–H and O–H groups in total. The maximum atomic E-state index is 13.1. The van der Waals surface area contributed by atoms with E-state index >= 15 is 0 Å². The summed E-state index contributed by atoms with van der Waals surface area (Å²) >= 11 is 0. The summed E-state index contributed by atoms with van der Waals surface area (Å²) in [5.74, 6) is -1.34. The molecule has 0 aliphatic rings. The second-order valence-electron chi connectivity index (χ2n) is 30.5. The molecular formula is C84H164O17P2. The smallest absolute Gasteiger partial charge is 0.462 e. The van der Waals surface area contributed by atoms with Gasteiger partial charge in [-0.05, 0) is 31.6 Å². The Kier molecular flexibility index (Phi) is 75.4. The summed E-state index contributed by atoms with van der Waals surface area (Å²) in [5, 5.41) is 10.7. The molecule has 17 nitrogen and oxygen atoms in total. The molecule has 0 fully saturated rings. The number of rotatable bonds is 84. The number of unbranched alkanes of at least 4 members (excludes halogenated alkanes) is 55. The second-order valence-corrected chi connectivity index (χ2v) is 33.4. The predicted molar refractivity (Wildman–Crippen MR) is 423 cm³/mol. The Morgan fingerprint density at radius 2 is 0.466 bits per heavy atom. The van der Waals surface area contributed by atoms with E-state index in [2.05, 4.69) is 34.6 Å². The number of aliphatic hydroxyl groups excluding tert-OH is 1. The van der Waals surface area contributed by atoms with Crippen molar-refractivity contribution in [2.45, 2.75) is 470 Å². The monoisotopic (exact) mass is 1510 g/mol. The molecule has 6 atom stereocenters. The van der Waals surface area contributed by atoms with E-state index in [9.17, 15) is 43.2 Å². The fourth-order valence-corrected chi connectivity index (χ4v) is 14.7. The van der Waals surface area contributed by atoms with Gasteiger partial charge in [-0.1, -0.05) is 401 Å². The van der Waals surface area contributed by atoms with E-state index in [1.807, 2.05) is 0 Å². The summed E-state index contributed by atoms with van der Waals surface area (Å²) in [7, 11) is -9.92. The third-order valence-electron chi connectivity index (χ3n) is 20.1. The molecule has 0 saturated carbocycles. The van der Waals surface area contributed by atoms with Crippen LogP contribution in [0.5, 0.6) is 0 Å². The van der Waals surface area contributed by atoms with Crippen molar-refractivity contribution in [3.8, 4) is 0 Å². The summed E-state index contributed by atoms with van der Waals surface area (Å²) in [6, 6.07) is 0. The molecule has 0 spiro atoms. The molecular weight excluding hydrogens is 1340 g/mol. The Morgan fingerprint density at radius 3 is 0.689 bits per heavy atom. The first-order chi connectivity index (χ1) is 50.1. The van der Waals surface area contributed by atoms with Crippen LogP contribution in [0, 0.1) is 5.92 Å². The Hall–Kier alpha value is -1.94. The molecule has 0 aliphatic carbocycles. The van der Waals surface area contributed by atoms with Crippen molar-refractivity contribution >= 4 is 39.5 Å². The van der Waals surface area contributed by atoms with Gasteiger partial charge in [-0.25, -0.2) is 9.13 Å². The van der Waals surface area contributed by atoms with E-state index in [1.165, 1.54) is 276 Å². The first kappa shape index (κ1) is 101. The molecule has 103 heavy (non-hydrogen) atoms. The van der Waals surface area contributed by atoms with Gasteiger partial charge in [0.1, 0.15) is 19.3 Å². The van der Waals surface area contributed by atoms with Crippen LogP contribution in [0.4, 0.5) is 0 Å². The third kappa shape index (κ3) is 76.6. The van der Waals surface area contributed by atoms with Gasteiger partial charge in [-0.2, -0.15) is 0 Å². The van der Waals surface area contributed by atoms with Crippen LogP contribution in [0.1, 0.15) is 452 Å². The van der Waals surface area contributed by atoms with Gasteiger partial charge < -0.3 is 33.8 Å². The van der Waals surface area contributed by atoms with Crippen LogP contribution in [0.25, 0.3) is 0 Å². The second kappa shape index (κ2) is 76.8. The Bertz CT molecular complexity index is 1960. The number of ether oxygens (including phenoxy) is 4. The van der Waals surface area contributed by atoms with E-state index in [1.54, 1.807) is 0 Å². The first-order valence-electron chi connectivity index (χ1n) is 43.7. The van der Waals surface area contributed by atoms with Crippen molar-refractivity contribution in [3.05, 3.63) is 0 Å². The zero-order valence-corrected chi connectivity index (χ0v) is 69.3. The maximum Gasteiger partial charge on any atom is 0.472 e. The van der Waals surface area contributed by atoms with Gasteiger partial charge in [0.2, 0.25) is 0 Å². The quantitative estimate of drug-likeness (QED) is 0.0222. The highest BCUT2D eigenvalue weighted by atomic mass is 31.2. The highest BCUT2D eigenvalue weighted by Crippen LogP contribution is 2.45. The highest BCUT2D eigenvalue weighted by molar-refractivity contribution is 7.47. The van der Waals surface area contributed by atoms with E-state index in [-0.39, 0.29) is 25.7 Å². The van der Waals surface area contributed by atoms with E-state index in [4.69, 9.17) is 37.0 Å². The predicted octanol–water partition coefficient (Wildman–Crippen LogP) is 25.6. The lowest BCUT2D eigenvalue weighted by Crippen LogP contribution is -2.30. The van der Waals surface area contributed by atoms with Gasteiger partial charge in [-0.3, -0.25) is 37.3 Å². The van der Waals surface area contributed by atoms with Gasteiger partial charge in [-0.15, -0.1) is 0 Å². The van der Waals surface area contributed by atoms with Gasteiger partial charge in [0.05, 0.1) is 26.4 Å². The lowest BCUT2D eigenvalue weighted by Gasteiger charge is -2.21. The largest absolute Gasteiger partial charge is 0.472 e. The Balaban J connectivity index is 5.20. The number of esters is 4. The standard InChI is InChI=1S/C84H164O17P2/c1-6-10-13-16-19-22-25-27-29-31-33-34-35-37-39-41-43-45-48-54-59-64-69-83(88)100-79(73-95-82(87)68-63-58-53-47-44-42-40-38-36-32-30-28-26-23-20-17-14-11-7-2)75-98-102(90,91)96-71-78(85)72-97-103(92,93)99-76-80(74-94-81(86)67-62-57-52-46-24-21-18-15-12-8-3)101-84(89)70-65-60-55-50-49-51-56-61-66-77(5)9-4/h77-80,85H,6-76H2,1-5H3,(H,90,91)(H,92,93)/t77?,78-,79-,80-/m1/s1. The fraction of sp³-hybridized carbons (Fsp3) is 0.952. The number of carbonyl (C=O) groups is 4. The number of hydrogen-bond donors (Lipinski definition) is 3. The van der Waals surface area contributed by atoms with Crippen LogP contribution in [-0.4, -0.2) is 96.7 Å². The molecule has 0 rings (SSSR count). The lowest BCUT2D eigenvalue weighted by molar-refractivity contribution is -0.161. The van der Waals surface area contributed by atoms with Crippen LogP contribution in [0.2, 0.25) is 0 Å². The van der Waals surface area contributed by atoms with Gasteiger partial charge in [0.25, 0.3) is 0 Å². The summed E-state index contributed by atoms with van der Waals surface area (Å²) in [5.41, 5.74) is 0. The SMILES string of the molecule is CCCCCCCCCCCCCCCCCCCCCCCCC(=O)O[C@H](COC(=O)CCCCCCCCCCCCCCCCCCCCC)COP(=O)(O)OC[C@@H](O)COP(=O)(O)OC[C@@H](COC(=O)CCCCCCCCCCCC)OC(=O)CCCCCCCCCCC(C)CC. The zero-order chi connectivity index (χ0) is 75.5. The first-order valence-corrected chi connectivity index (χ1v) is 46.7. The van der Waals surface area contributed by atoms with Crippen molar-refractivity contribution in [3.63, 3.8) is 0 Å². The number of phosphoric acid groups is 2. The Morgan fingerprint density at radius 1 is 0.272 bits per heavy atom. The fourth-order valence-electron chi connectivity index (χ4n) is 13.1.